The summed E-state index contributed by atoms with van der Waals surface area (Å²) in [4.78, 5) is 27.1. The van der Waals surface area contributed by atoms with Crippen molar-refractivity contribution in [2.45, 2.75) is 46.2 Å². The van der Waals surface area contributed by atoms with E-state index in [0.717, 1.165) is 12.8 Å². The van der Waals surface area contributed by atoms with Gasteiger partial charge in [-0.15, -0.1) is 0 Å². The van der Waals surface area contributed by atoms with Crippen molar-refractivity contribution < 1.29 is 13.9 Å². The maximum Gasteiger partial charge on any atom is 0.252 e. The van der Waals surface area contributed by atoms with Gasteiger partial charge in [-0.25, -0.2) is 23.9 Å². The minimum atomic E-state index is -0.532. The van der Waals surface area contributed by atoms with Crippen LogP contribution in [0.15, 0.2) is 66.6 Å². The Morgan fingerprint density at radius 2 is 1.98 bits per heavy atom. The lowest BCUT2D eigenvalue weighted by Crippen LogP contribution is -2.39. The van der Waals surface area contributed by atoms with Crippen LogP contribution >= 0.6 is 0 Å². The minimum absolute atomic E-state index is 0.108. The maximum atomic E-state index is 15.4. The number of likely N-dealkylation sites (tertiary alicyclic amines) is 1. The van der Waals surface area contributed by atoms with Gasteiger partial charge in [0, 0.05) is 18.2 Å². The lowest BCUT2D eigenvalue weighted by molar-refractivity contribution is -0.127. The molecule has 2 aromatic heterocycles. The summed E-state index contributed by atoms with van der Waals surface area (Å²) in [5, 5.41) is 5.15. The van der Waals surface area contributed by atoms with Crippen molar-refractivity contribution in [1.82, 2.24) is 24.6 Å². The smallest absolute Gasteiger partial charge is 0.252 e. The Balaban J connectivity index is 1.48. The summed E-state index contributed by atoms with van der Waals surface area (Å²) in [6.07, 6.45) is 4.59. The molecule has 1 fully saturated rings. The van der Waals surface area contributed by atoms with Crippen LogP contribution in [0.1, 0.15) is 33.6 Å². The van der Waals surface area contributed by atoms with Crippen LogP contribution in [-0.4, -0.2) is 43.1 Å². The van der Waals surface area contributed by atoms with Gasteiger partial charge in [0.05, 0.1) is 24.5 Å². The molecule has 3 heterocycles. The first-order valence-electron chi connectivity index (χ1n) is 13.1. The molecule has 1 aliphatic rings. The highest BCUT2D eigenvalue weighted by atomic mass is 19.1. The van der Waals surface area contributed by atoms with Crippen LogP contribution in [-0.2, 0) is 11.3 Å². The number of ether oxygens (including phenoxy) is 1. The van der Waals surface area contributed by atoms with Crippen molar-refractivity contribution >= 4 is 22.8 Å². The standard InChI is InChI=1S/C30H30FN7O2/c1-30(2,3)16-24(33-4)29(39)37-14-8-9-19(37)17-38-28-25(27(32)34-18-35-28)26(36-38)22-13-12-21(15-23(22)31)40-20-10-6-5-7-11-20/h5-7,10-13,15-16,18-19H,8-9,14,17H2,1-3H3,(H2,32,34,35)/b24-16-/t19-/m1/s1. The number of fused-ring (bicyclic) bond motifs is 1. The molecular weight excluding hydrogens is 509 g/mol. The van der Waals surface area contributed by atoms with Gasteiger partial charge in [0.25, 0.3) is 5.91 Å². The summed E-state index contributed by atoms with van der Waals surface area (Å²) in [5.74, 6) is 0.294. The number of amides is 1. The molecule has 0 unspecified atom stereocenters. The zero-order valence-corrected chi connectivity index (χ0v) is 22.6. The van der Waals surface area contributed by atoms with E-state index in [2.05, 4.69) is 14.8 Å². The Morgan fingerprint density at radius 1 is 1.20 bits per heavy atom. The average Bonchev–Trinajstić information content (AvgIpc) is 3.53. The van der Waals surface area contributed by atoms with Crippen molar-refractivity contribution in [3.63, 3.8) is 0 Å². The number of nitrogens with two attached hydrogens (primary N) is 1. The number of anilines is 1. The third-order valence-electron chi connectivity index (χ3n) is 6.66. The molecular formula is C30H30FN7O2. The molecule has 40 heavy (non-hydrogen) atoms. The molecule has 0 bridgehead atoms. The summed E-state index contributed by atoms with van der Waals surface area (Å²) in [7, 11) is 0. The first-order chi connectivity index (χ1) is 19.1. The largest absolute Gasteiger partial charge is 0.457 e. The van der Waals surface area contributed by atoms with Gasteiger partial charge >= 0.3 is 0 Å². The Labute approximate surface area is 231 Å². The molecule has 0 radical (unpaired) electrons. The molecule has 2 aromatic carbocycles. The van der Waals surface area contributed by atoms with Crippen LogP contribution in [0.5, 0.6) is 11.5 Å². The highest BCUT2D eigenvalue weighted by Gasteiger charge is 2.33. The van der Waals surface area contributed by atoms with E-state index in [-0.39, 0.29) is 34.4 Å². The van der Waals surface area contributed by atoms with E-state index >= 15 is 4.39 Å². The molecule has 9 nitrogen and oxygen atoms in total. The van der Waals surface area contributed by atoms with Crippen molar-refractivity contribution in [3.8, 4) is 22.8 Å². The molecule has 5 rings (SSSR count). The van der Waals surface area contributed by atoms with E-state index in [0.29, 0.717) is 41.3 Å². The van der Waals surface area contributed by atoms with E-state index in [9.17, 15) is 4.79 Å². The van der Waals surface area contributed by atoms with Crippen molar-refractivity contribution in [2.24, 2.45) is 5.41 Å². The highest BCUT2D eigenvalue weighted by Crippen LogP contribution is 2.35. The van der Waals surface area contributed by atoms with E-state index in [1.807, 2.05) is 39.0 Å². The molecule has 1 aliphatic heterocycles. The predicted octanol–water partition coefficient (Wildman–Crippen LogP) is 5.85. The number of carbonyl (C=O) groups is 1. The highest BCUT2D eigenvalue weighted by molar-refractivity contribution is 5.98. The lowest BCUT2D eigenvalue weighted by atomic mass is 9.95. The van der Waals surface area contributed by atoms with Gasteiger partial charge in [-0.1, -0.05) is 45.0 Å². The van der Waals surface area contributed by atoms with Gasteiger partial charge < -0.3 is 15.4 Å². The Kier molecular flexibility index (Phi) is 7.22. The number of nitrogen functional groups attached to an aromatic ring is 1. The second-order valence-electron chi connectivity index (χ2n) is 10.8. The molecule has 4 aromatic rings. The van der Waals surface area contributed by atoms with Gasteiger partial charge in [-0.2, -0.15) is 5.10 Å². The molecule has 0 saturated carbocycles. The molecule has 204 valence electrons. The third kappa shape index (κ3) is 5.50. The second-order valence-corrected chi connectivity index (χ2v) is 10.8. The fraction of sp³-hybridized carbons (Fsp3) is 0.300. The molecule has 1 saturated heterocycles. The molecule has 1 atom stereocenters. The molecule has 1 amide bonds. The van der Waals surface area contributed by atoms with Crippen molar-refractivity contribution in [1.29, 1.82) is 0 Å². The number of hydrogen-bond acceptors (Lipinski definition) is 6. The van der Waals surface area contributed by atoms with Crippen molar-refractivity contribution in [3.05, 3.63) is 83.9 Å². The van der Waals surface area contributed by atoms with Crippen LogP contribution in [0, 0.1) is 17.8 Å². The zero-order valence-electron chi connectivity index (χ0n) is 22.6. The molecule has 2 N–H and O–H groups in total. The number of rotatable bonds is 6. The zero-order chi connectivity index (χ0) is 28.4. The van der Waals surface area contributed by atoms with E-state index in [1.54, 1.807) is 39.9 Å². The van der Waals surface area contributed by atoms with Gasteiger partial charge in [-0.05, 0) is 42.5 Å². The maximum absolute atomic E-state index is 15.4. The fourth-order valence-corrected chi connectivity index (χ4v) is 4.91. The monoisotopic (exact) mass is 539 g/mol. The average molecular weight is 540 g/mol. The summed E-state index contributed by atoms with van der Waals surface area (Å²) in [6, 6.07) is 13.5. The topological polar surface area (TPSA) is 104 Å². The van der Waals surface area contributed by atoms with Crippen LogP contribution in [0.4, 0.5) is 10.2 Å². The number of para-hydroxylation sites is 1. The number of benzene rings is 2. The normalized spacial score (nSPS) is 15.8. The van der Waals surface area contributed by atoms with Gasteiger partial charge in [0.2, 0.25) is 5.70 Å². The molecule has 10 heteroatoms. The Bertz CT molecular complexity index is 1630. The second kappa shape index (κ2) is 10.8. The third-order valence-corrected chi connectivity index (χ3v) is 6.66. The molecule has 0 aliphatic carbocycles. The van der Waals surface area contributed by atoms with Gasteiger partial charge in [0.1, 0.15) is 35.2 Å². The minimum Gasteiger partial charge on any atom is -0.457 e. The van der Waals surface area contributed by atoms with E-state index < -0.39 is 5.82 Å². The number of aromatic nitrogens is 4. The van der Waals surface area contributed by atoms with Crippen LogP contribution in [0.3, 0.4) is 0 Å². The van der Waals surface area contributed by atoms with Crippen LogP contribution in [0.25, 0.3) is 27.1 Å². The summed E-state index contributed by atoms with van der Waals surface area (Å²) < 4.78 is 22.9. The number of halogens is 1. The molecule has 0 spiro atoms. The summed E-state index contributed by atoms with van der Waals surface area (Å²) in [5.41, 5.74) is 7.02. The Morgan fingerprint density at radius 3 is 2.67 bits per heavy atom. The van der Waals surface area contributed by atoms with E-state index in [4.69, 9.17) is 22.1 Å². The first kappa shape index (κ1) is 26.8. The van der Waals surface area contributed by atoms with E-state index in [1.165, 1.54) is 12.4 Å². The van der Waals surface area contributed by atoms with Gasteiger partial charge in [-0.3, -0.25) is 4.79 Å². The Hall–Kier alpha value is -4.78. The summed E-state index contributed by atoms with van der Waals surface area (Å²) in [6.45, 7) is 14.3. The number of hydrogen-bond donors (Lipinski definition) is 1. The van der Waals surface area contributed by atoms with Gasteiger partial charge in [0.15, 0.2) is 5.65 Å². The van der Waals surface area contributed by atoms with Crippen LogP contribution in [0.2, 0.25) is 0 Å². The lowest BCUT2D eigenvalue weighted by Gasteiger charge is -2.25. The first-order valence-corrected chi connectivity index (χ1v) is 13.1. The summed E-state index contributed by atoms with van der Waals surface area (Å²) >= 11 is 0. The quantitative estimate of drug-likeness (QED) is 0.244. The van der Waals surface area contributed by atoms with Crippen molar-refractivity contribution in [2.75, 3.05) is 12.3 Å². The number of allylic oxidation sites excluding steroid dienone is 1. The number of carbonyl (C=O) groups excluding carboxylic acids is 1. The fourth-order valence-electron chi connectivity index (χ4n) is 4.91. The SMILES string of the molecule is [C-]#[N+]/C(=C\C(C)(C)C)C(=O)N1CCC[C@@H]1Cn1nc(-c2ccc(Oc3ccccc3)cc2F)c2c(N)ncnc21. The number of nitrogens with zero attached hydrogens (tertiary/aromatic N) is 6. The predicted molar refractivity (Wildman–Crippen MR) is 151 cm³/mol. The van der Waals surface area contributed by atoms with Crippen LogP contribution < -0.4 is 10.5 Å².